The Morgan fingerprint density at radius 3 is 2.43 bits per heavy atom. The number of thioether (sulfide) groups is 1. The highest BCUT2D eigenvalue weighted by molar-refractivity contribution is 7.98. The molecule has 0 spiro atoms. The van der Waals surface area contributed by atoms with E-state index in [0.29, 0.717) is 6.04 Å². The van der Waals surface area contributed by atoms with Gasteiger partial charge in [-0.2, -0.15) is 11.8 Å². The first-order valence-electron chi connectivity index (χ1n) is 2.55. The molecular formula is C5H13NS. The van der Waals surface area contributed by atoms with Gasteiger partial charge in [0.15, 0.2) is 0 Å². The van der Waals surface area contributed by atoms with Gasteiger partial charge in [-0.15, -0.1) is 0 Å². The lowest BCUT2D eigenvalue weighted by atomic mass is 10.3. The molecule has 1 nitrogen and oxygen atoms in total. The van der Waals surface area contributed by atoms with Crippen molar-refractivity contribution in [1.29, 1.82) is 0 Å². The standard InChI is InChI=1S/C5H13NS/c1-3-5(6)4-7-2/h5H,3-4,6H2,1-2H3. The summed E-state index contributed by atoms with van der Waals surface area (Å²) in [5.41, 5.74) is 5.56. The second kappa shape index (κ2) is 4.47. The van der Waals surface area contributed by atoms with Crippen molar-refractivity contribution < 1.29 is 0 Å². The van der Waals surface area contributed by atoms with E-state index in [0.717, 1.165) is 12.2 Å². The zero-order chi connectivity index (χ0) is 5.70. The second-order valence-electron chi connectivity index (χ2n) is 1.62. The Balaban J connectivity index is 2.83. The van der Waals surface area contributed by atoms with Gasteiger partial charge in [-0.05, 0) is 12.7 Å². The molecule has 0 aromatic carbocycles. The molecule has 2 heteroatoms. The highest BCUT2D eigenvalue weighted by atomic mass is 32.2. The number of nitrogens with two attached hydrogens (primary N) is 1. The lowest BCUT2D eigenvalue weighted by Crippen LogP contribution is -2.20. The summed E-state index contributed by atoms with van der Waals surface area (Å²) in [5.74, 6) is 1.09. The predicted octanol–water partition coefficient (Wildman–Crippen LogP) is 1.09. The maximum Gasteiger partial charge on any atom is 0.0127 e. The first-order chi connectivity index (χ1) is 3.31. The van der Waals surface area contributed by atoms with Gasteiger partial charge in [-0.25, -0.2) is 0 Å². The Labute approximate surface area is 49.7 Å². The average Bonchev–Trinajstić information content (AvgIpc) is 1.68. The van der Waals surface area contributed by atoms with E-state index >= 15 is 0 Å². The van der Waals surface area contributed by atoms with E-state index in [1.54, 1.807) is 0 Å². The fourth-order valence-electron chi connectivity index (χ4n) is 0.332. The van der Waals surface area contributed by atoms with Gasteiger partial charge in [0.25, 0.3) is 0 Å². The minimum atomic E-state index is 0.412. The largest absolute Gasteiger partial charge is 0.327 e. The van der Waals surface area contributed by atoms with Crippen LogP contribution < -0.4 is 5.73 Å². The van der Waals surface area contributed by atoms with Crippen molar-refractivity contribution in [3.63, 3.8) is 0 Å². The van der Waals surface area contributed by atoms with Crippen LogP contribution in [0, 0.1) is 0 Å². The molecule has 0 bridgehead atoms. The van der Waals surface area contributed by atoms with Crippen molar-refractivity contribution in [2.24, 2.45) is 5.73 Å². The maximum absolute atomic E-state index is 5.56. The molecule has 0 aromatic heterocycles. The van der Waals surface area contributed by atoms with E-state index in [2.05, 4.69) is 13.2 Å². The molecular weight excluding hydrogens is 106 g/mol. The smallest absolute Gasteiger partial charge is 0.0127 e. The normalized spacial score (nSPS) is 14.1. The van der Waals surface area contributed by atoms with Crippen LogP contribution in [-0.4, -0.2) is 18.1 Å². The SMILES string of the molecule is CCC(N)CSC. The Hall–Kier alpha value is 0.310. The molecule has 2 N–H and O–H groups in total. The first-order valence-corrected chi connectivity index (χ1v) is 3.95. The van der Waals surface area contributed by atoms with Crippen molar-refractivity contribution in [1.82, 2.24) is 0 Å². The van der Waals surface area contributed by atoms with E-state index in [-0.39, 0.29) is 0 Å². The number of hydrogen-bond donors (Lipinski definition) is 1. The van der Waals surface area contributed by atoms with Gasteiger partial charge < -0.3 is 5.73 Å². The number of hydrogen-bond acceptors (Lipinski definition) is 2. The van der Waals surface area contributed by atoms with Crippen molar-refractivity contribution in [2.45, 2.75) is 19.4 Å². The van der Waals surface area contributed by atoms with E-state index in [4.69, 9.17) is 5.73 Å². The Morgan fingerprint density at radius 2 is 2.29 bits per heavy atom. The molecule has 1 unspecified atom stereocenters. The topological polar surface area (TPSA) is 26.0 Å². The maximum atomic E-state index is 5.56. The van der Waals surface area contributed by atoms with Gasteiger partial charge in [0.05, 0.1) is 0 Å². The van der Waals surface area contributed by atoms with E-state index in [1.165, 1.54) is 0 Å². The molecule has 0 aromatic rings. The van der Waals surface area contributed by atoms with Crippen LogP contribution in [0.15, 0.2) is 0 Å². The molecule has 0 radical (unpaired) electrons. The molecule has 0 heterocycles. The molecule has 7 heavy (non-hydrogen) atoms. The summed E-state index contributed by atoms with van der Waals surface area (Å²) in [4.78, 5) is 0. The van der Waals surface area contributed by atoms with Crippen LogP contribution in [-0.2, 0) is 0 Å². The van der Waals surface area contributed by atoms with Crippen LogP contribution in [0.3, 0.4) is 0 Å². The minimum Gasteiger partial charge on any atom is -0.327 e. The highest BCUT2D eigenvalue weighted by Crippen LogP contribution is 1.96. The summed E-state index contributed by atoms with van der Waals surface area (Å²) in [6.45, 7) is 2.11. The highest BCUT2D eigenvalue weighted by Gasteiger charge is 1.93. The van der Waals surface area contributed by atoms with Gasteiger partial charge in [0.1, 0.15) is 0 Å². The Kier molecular flexibility index (Phi) is 4.67. The summed E-state index contributed by atoms with van der Waals surface area (Å²) in [6, 6.07) is 0.412. The van der Waals surface area contributed by atoms with Gasteiger partial charge in [-0.1, -0.05) is 6.92 Å². The van der Waals surface area contributed by atoms with Crippen LogP contribution in [0.4, 0.5) is 0 Å². The zero-order valence-electron chi connectivity index (χ0n) is 4.98. The van der Waals surface area contributed by atoms with E-state index in [1.807, 2.05) is 11.8 Å². The molecule has 0 fully saturated rings. The summed E-state index contributed by atoms with van der Waals surface area (Å²) >= 11 is 1.81. The van der Waals surface area contributed by atoms with E-state index < -0.39 is 0 Å². The molecule has 0 aliphatic rings. The van der Waals surface area contributed by atoms with Crippen molar-refractivity contribution in [3.05, 3.63) is 0 Å². The molecule has 1 atom stereocenters. The molecule has 44 valence electrons. The predicted molar refractivity (Wildman–Crippen MR) is 36.6 cm³/mol. The van der Waals surface area contributed by atoms with Gasteiger partial charge in [0.2, 0.25) is 0 Å². The summed E-state index contributed by atoms with van der Waals surface area (Å²) in [7, 11) is 0. The average molecular weight is 119 g/mol. The zero-order valence-corrected chi connectivity index (χ0v) is 5.79. The van der Waals surface area contributed by atoms with Crippen molar-refractivity contribution in [3.8, 4) is 0 Å². The van der Waals surface area contributed by atoms with E-state index in [9.17, 15) is 0 Å². The third-order valence-corrected chi connectivity index (χ3v) is 1.67. The van der Waals surface area contributed by atoms with Crippen LogP contribution in [0.2, 0.25) is 0 Å². The lowest BCUT2D eigenvalue weighted by Gasteiger charge is -2.02. The second-order valence-corrected chi connectivity index (χ2v) is 2.53. The third-order valence-electron chi connectivity index (χ3n) is 0.905. The Morgan fingerprint density at radius 1 is 1.71 bits per heavy atom. The molecule has 0 saturated heterocycles. The fourth-order valence-corrected chi connectivity index (χ4v) is 0.996. The Bertz CT molecular complexity index is 39.1. The summed E-state index contributed by atoms with van der Waals surface area (Å²) in [5, 5.41) is 0. The van der Waals surface area contributed by atoms with Gasteiger partial charge in [0, 0.05) is 11.8 Å². The third kappa shape index (κ3) is 4.16. The van der Waals surface area contributed by atoms with Gasteiger partial charge >= 0.3 is 0 Å². The van der Waals surface area contributed by atoms with Gasteiger partial charge in [-0.3, -0.25) is 0 Å². The quantitative estimate of drug-likeness (QED) is 0.601. The monoisotopic (exact) mass is 119 g/mol. The lowest BCUT2D eigenvalue weighted by molar-refractivity contribution is 0.725. The molecule has 0 aliphatic carbocycles. The molecule has 0 aliphatic heterocycles. The first kappa shape index (κ1) is 7.31. The van der Waals surface area contributed by atoms with Crippen LogP contribution in [0.25, 0.3) is 0 Å². The van der Waals surface area contributed by atoms with Crippen LogP contribution in [0.5, 0.6) is 0 Å². The number of rotatable bonds is 3. The van der Waals surface area contributed by atoms with Crippen LogP contribution in [0.1, 0.15) is 13.3 Å². The molecule has 0 rings (SSSR count). The van der Waals surface area contributed by atoms with Crippen molar-refractivity contribution in [2.75, 3.05) is 12.0 Å². The molecule has 0 saturated carbocycles. The molecule has 0 amide bonds. The fraction of sp³-hybridized carbons (Fsp3) is 1.00. The minimum absolute atomic E-state index is 0.412. The van der Waals surface area contributed by atoms with Crippen LogP contribution >= 0.6 is 11.8 Å². The van der Waals surface area contributed by atoms with Crippen molar-refractivity contribution >= 4 is 11.8 Å². The summed E-state index contributed by atoms with van der Waals surface area (Å²) < 4.78 is 0. The summed E-state index contributed by atoms with van der Waals surface area (Å²) in [6.07, 6.45) is 3.18.